The summed E-state index contributed by atoms with van der Waals surface area (Å²) in [5, 5.41) is 4.31. The Labute approximate surface area is 193 Å². The number of aromatic nitrogens is 1. The van der Waals surface area contributed by atoms with E-state index in [4.69, 9.17) is 9.15 Å². The standard InChI is InChI=1S/C26H30N4O3/c1-3-18-15-24(31)28-29-25(18)20-8-11-22-23(14-20)33-26(27-22)19-6-9-21(10-7-19)32-16-17(2)30-12-4-5-13-30/h6-11,14,17-18H,3-5,12-13,15-16H2,1-2H3,(H,28,31). The molecule has 3 heterocycles. The van der Waals surface area contributed by atoms with Crippen LogP contribution < -0.4 is 10.2 Å². The van der Waals surface area contributed by atoms with Gasteiger partial charge in [-0.2, -0.15) is 5.10 Å². The molecule has 0 spiro atoms. The van der Waals surface area contributed by atoms with E-state index in [0.717, 1.165) is 34.5 Å². The number of nitrogens with one attached hydrogen (secondary N) is 1. The zero-order valence-electron chi connectivity index (χ0n) is 19.2. The molecule has 2 aliphatic rings. The van der Waals surface area contributed by atoms with Crippen molar-refractivity contribution < 1.29 is 13.9 Å². The minimum Gasteiger partial charge on any atom is -0.492 e. The lowest BCUT2D eigenvalue weighted by molar-refractivity contribution is -0.122. The number of carbonyl (C=O) groups is 1. The molecule has 2 atom stereocenters. The monoisotopic (exact) mass is 446 g/mol. The molecule has 0 saturated carbocycles. The minimum absolute atomic E-state index is 0.0356. The second kappa shape index (κ2) is 9.35. The molecule has 1 saturated heterocycles. The first-order valence-corrected chi connectivity index (χ1v) is 11.9. The van der Waals surface area contributed by atoms with Gasteiger partial charge in [-0.1, -0.05) is 13.0 Å². The molecule has 2 aliphatic heterocycles. The number of hydrogen-bond donors (Lipinski definition) is 1. The number of benzene rings is 2. The van der Waals surface area contributed by atoms with Gasteiger partial charge in [0.05, 0.1) is 5.71 Å². The van der Waals surface area contributed by atoms with Crippen molar-refractivity contribution in [1.82, 2.24) is 15.3 Å². The molecule has 3 aromatic rings. The zero-order valence-corrected chi connectivity index (χ0v) is 19.2. The van der Waals surface area contributed by atoms with Gasteiger partial charge in [-0.3, -0.25) is 9.69 Å². The molecule has 2 unspecified atom stereocenters. The van der Waals surface area contributed by atoms with Crippen LogP contribution in [0.4, 0.5) is 0 Å². The normalized spacial score (nSPS) is 20.0. The molecule has 2 aromatic carbocycles. The van der Waals surface area contributed by atoms with Crippen molar-refractivity contribution in [3.63, 3.8) is 0 Å². The van der Waals surface area contributed by atoms with E-state index in [1.54, 1.807) is 0 Å². The summed E-state index contributed by atoms with van der Waals surface area (Å²) in [6, 6.07) is 14.2. The fraction of sp³-hybridized carbons (Fsp3) is 0.423. The van der Waals surface area contributed by atoms with Gasteiger partial charge in [0.2, 0.25) is 11.8 Å². The van der Waals surface area contributed by atoms with Crippen LogP contribution in [0.5, 0.6) is 5.75 Å². The second-order valence-corrected chi connectivity index (χ2v) is 8.97. The van der Waals surface area contributed by atoms with Crippen LogP contribution in [0.2, 0.25) is 0 Å². The molecular formula is C26H30N4O3. The van der Waals surface area contributed by atoms with E-state index in [2.05, 4.69) is 34.3 Å². The summed E-state index contributed by atoms with van der Waals surface area (Å²) < 4.78 is 12.1. The number of amides is 1. The average Bonchev–Trinajstić information content (AvgIpc) is 3.52. The van der Waals surface area contributed by atoms with E-state index >= 15 is 0 Å². The Morgan fingerprint density at radius 2 is 1.91 bits per heavy atom. The Hall–Kier alpha value is -3.19. The average molecular weight is 447 g/mol. The quantitative estimate of drug-likeness (QED) is 0.573. The summed E-state index contributed by atoms with van der Waals surface area (Å²) in [6.45, 7) is 7.33. The Morgan fingerprint density at radius 3 is 2.67 bits per heavy atom. The lowest BCUT2D eigenvalue weighted by Crippen LogP contribution is -2.34. The van der Waals surface area contributed by atoms with Gasteiger partial charge >= 0.3 is 0 Å². The number of carbonyl (C=O) groups excluding carboxylic acids is 1. The predicted octanol–water partition coefficient (Wildman–Crippen LogP) is 4.61. The number of nitrogens with zero attached hydrogens (tertiary/aromatic N) is 3. The summed E-state index contributed by atoms with van der Waals surface area (Å²) in [4.78, 5) is 18.8. The molecule has 0 radical (unpaired) electrons. The van der Waals surface area contributed by atoms with E-state index < -0.39 is 0 Å². The summed E-state index contributed by atoms with van der Waals surface area (Å²) >= 11 is 0. The van der Waals surface area contributed by atoms with Crippen LogP contribution in [-0.4, -0.2) is 47.2 Å². The fourth-order valence-corrected chi connectivity index (χ4v) is 4.62. The van der Waals surface area contributed by atoms with Crippen molar-refractivity contribution in [3.05, 3.63) is 48.0 Å². The first-order chi connectivity index (χ1) is 16.1. The van der Waals surface area contributed by atoms with E-state index in [9.17, 15) is 4.79 Å². The Balaban J connectivity index is 1.30. The Bertz CT molecular complexity index is 1160. The molecule has 0 aliphatic carbocycles. The van der Waals surface area contributed by atoms with Gasteiger partial charge in [-0.15, -0.1) is 0 Å². The Morgan fingerprint density at radius 1 is 1.15 bits per heavy atom. The predicted molar refractivity (Wildman–Crippen MR) is 128 cm³/mol. The van der Waals surface area contributed by atoms with Crippen molar-refractivity contribution >= 4 is 22.7 Å². The minimum atomic E-state index is -0.0356. The number of fused-ring (bicyclic) bond motifs is 1. The number of hydrogen-bond acceptors (Lipinski definition) is 6. The van der Waals surface area contributed by atoms with E-state index in [0.29, 0.717) is 30.5 Å². The first-order valence-electron chi connectivity index (χ1n) is 11.9. The van der Waals surface area contributed by atoms with Crippen molar-refractivity contribution in [2.75, 3.05) is 19.7 Å². The topological polar surface area (TPSA) is 80.0 Å². The van der Waals surface area contributed by atoms with Gasteiger partial charge in [0, 0.05) is 29.5 Å². The molecule has 1 aromatic heterocycles. The SMILES string of the molecule is CCC1CC(=O)NN=C1c1ccc2nc(-c3ccc(OCC(C)N4CCCC4)cc3)oc2c1. The lowest BCUT2D eigenvalue weighted by atomic mass is 9.90. The molecule has 1 amide bonds. The zero-order chi connectivity index (χ0) is 22.8. The molecule has 1 N–H and O–H groups in total. The highest BCUT2D eigenvalue weighted by Crippen LogP contribution is 2.28. The number of rotatable bonds is 7. The highest BCUT2D eigenvalue weighted by molar-refractivity contribution is 6.07. The van der Waals surface area contributed by atoms with Crippen molar-refractivity contribution in [2.24, 2.45) is 11.0 Å². The number of oxazole rings is 1. The maximum atomic E-state index is 11.7. The maximum Gasteiger partial charge on any atom is 0.240 e. The third-order valence-electron chi connectivity index (χ3n) is 6.65. The van der Waals surface area contributed by atoms with Gasteiger partial charge in [0.15, 0.2) is 5.58 Å². The number of hydrazone groups is 1. The Kier molecular flexibility index (Phi) is 6.13. The highest BCUT2D eigenvalue weighted by atomic mass is 16.5. The summed E-state index contributed by atoms with van der Waals surface area (Å²) in [5.41, 5.74) is 6.85. The van der Waals surface area contributed by atoms with Crippen LogP contribution in [0.15, 0.2) is 52.0 Å². The van der Waals surface area contributed by atoms with Crippen LogP contribution in [0.1, 0.15) is 45.1 Å². The van der Waals surface area contributed by atoms with Crippen molar-refractivity contribution in [1.29, 1.82) is 0 Å². The van der Waals surface area contributed by atoms with Crippen LogP contribution in [0.25, 0.3) is 22.6 Å². The molecule has 7 nitrogen and oxygen atoms in total. The van der Waals surface area contributed by atoms with Gasteiger partial charge in [0.25, 0.3) is 0 Å². The van der Waals surface area contributed by atoms with Gasteiger partial charge < -0.3 is 9.15 Å². The molecule has 172 valence electrons. The summed E-state index contributed by atoms with van der Waals surface area (Å²) in [7, 11) is 0. The van der Waals surface area contributed by atoms with Crippen LogP contribution in [0, 0.1) is 5.92 Å². The van der Waals surface area contributed by atoms with Crippen molar-refractivity contribution in [2.45, 2.75) is 45.6 Å². The van der Waals surface area contributed by atoms with E-state index in [1.165, 1.54) is 25.9 Å². The summed E-state index contributed by atoms with van der Waals surface area (Å²) in [6.07, 6.45) is 3.89. The van der Waals surface area contributed by atoms with Crippen LogP contribution in [0.3, 0.4) is 0 Å². The largest absolute Gasteiger partial charge is 0.492 e. The van der Waals surface area contributed by atoms with E-state index in [-0.39, 0.29) is 11.8 Å². The van der Waals surface area contributed by atoms with E-state index in [1.807, 2.05) is 42.5 Å². The summed E-state index contributed by atoms with van der Waals surface area (Å²) in [5.74, 6) is 1.50. The maximum absolute atomic E-state index is 11.7. The smallest absolute Gasteiger partial charge is 0.240 e. The van der Waals surface area contributed by atoms with Gasteiger partial charge in [0.1, 0.15) is 17.9 Å². The third-order valence-corrected chi connectivity index (χ3v) is 6.65. The molecule has 7 heteroatoms. The molecule has 0 bridgehead atoms. The lowest BCUT2D eigenvalue weighted by Gasteiger charge is -2.23. The first kappa shape index (κ1) is 21.6. The fourth-order valence-electron chi connectivity index (χ4n) is 4.62. The van der Waals surface area contributed by atoms with Crippen LogP contribution >= 0.6 is 0 Å². The van der Waals surface area contributed by atoms with Gasteiger partial charge in [-0.05, 0) is 75.7 Å². The third kappa shape index (κ3) is 4.64. The number of likely N-dealkylation sites (tertiary alicyclic amines) is 1. The highest BCUT2D eigenvalue weighted by Gasteiger charge is 2.25. The second-order valence-electron chi connectivity index (χ2n) is 8.97. The molecular weight excluding hydrogens is 416 g/mol. The molecule has 5 rings (SSSR count). The molecule has 1 fully saturated rings. The number of ether oxygens (including phenoxy) is 1. The van der Waals surface area contributed by atoms with Crippen LogP contribution in [-0.2, 0) is 4.79 Å². The van der Waals surface area contributed by atoms with Crippen molar-refractivity contribution in [3.8, 4) is 17.2 Å². The molecule has 33 heavy (non-hydrogen) atoms. The van der Waals surface area contributed by atoms with Gasteiger partial charge in [-0.25, -0.2) is 10.4 Å².